The topological polar surface area (TPSA) is 52.0 Å². The molecule has 0 amide bonds. The molecular formula is C18H30N4O. The van der Waals surface area contributed by atoms with Gasteiger partial charge in [0.25, 0.3) is 0 Å². The van der Waals surface area contributed by atoms with Gasteiger partial charge in [-0.3, -0.25) is 0 Å². The highest BCUT2D eigenvalue weighted by Gasteiger charge is 2.43. The van der Waals surface area contributed by atoms with Crippen LogP contribution in [0.25, 0.3) is 0 Å². The highest BCUT2D eigenvalue weighted by Crippen LogP contribution is 2.49. The van der Waals surface area contributed by atoms with Gasteiger partial charge in [-0.05, 0) is 37.5 Å². The first-order chi connectivity index (χ1) is 11.3. The Labute approximate surface area is 139 Å². The number of aromatic nitrogens is 3. The minimum atomic E-state index is 0.518. The van der Waals surface area contributed by atoms with E-state index in [9.17, 15) is 0 Å². The third-order valence-corrected chi connectivity index (χ3v) is 6.37. The van der Waals surface area contributed by atoms with Crippen LogP contribution in [0.1, 0.15) is 69.4 Å². The van der Waals surface area contributed by atoms with E-state index in [1.54, 1.807) is 7.11 Å². The summed E-state index contributed by atoms with van der Waals surface area (Å²) < 4.78 is 7.27. The second-order valence-corrected chi connectivity index (χ2v) is 7.83. The van der Waals surface area contributed by atoms with Crippen LogP contribution in [0.5, 0.6) is 0 Å². The van der Waals surface area contributed by atoms with Crippen molar-refractivity contribution in [2.24, 2.45) is 5.41 Å². The van der Waals surface area contributed by atoms with Crippen molar-refractivity contribution in [2.45, 2.75) is 89.4 Å². The number of hydrogen-bond acceptors (Lipinski definition) is 4. The van der Waals surface area contributed by atoms with Gasteiger partial charge in [-0.15, -0.1) is 0 Å². The Hall–Kier alpha value is -0.940. The quantitative estimate of drug-likeness (QED) is 0.927. The normalized spacial score (nSPS) is 29.8. The van der Waals surface area contributed by atoms with Crippen LogP contribution in [0.3, 0.4) is 0 Å². The zero-order chi connectivity index (χ0) is 15.7. The molecule has 5 heteroatoms. The van der Waals surface area contributed by atoms with Crippen molar-refractivity contribution in [2.75, 3.05) is 7.11 Å². The monoisotopic (exact) mass is 318 g/mol. The fourth-order valence-corrected chi connectivity index (χ4v) is 5.22. The molecule has 3 aliphatic rings. The van der Waals surface area contributed by atoms with Gasteiger partial charge >= 0.3 is 0 Å². The molecule has 128 valence electrons. The number of nitrogens with one attached hydrogen (secondary N) is 1. The second kappa shape index (κ2) is 6.52. The van der Waals surface area contributed by atoms with Crippen molar-refractivity contribution in [1.29, 1.82) is 0 Å². The molecule has 1 N–H and O–H groups in total. The summed E-state index contributed by atoms with van der Waals surface area (Å²) in [5.74, 6) is 1.96. The summed E-state index contributed by atoms with van der Waals surface area (Å²) >= 11 is 0. The Morgan fingerprint density at radius 2 is 1.96 bits per heavy atom. The smallest absolute Gasteiger partial charge is 0.176 e. The van der Waals surface area contributed by atoms with Crippen molar-refractivity contribution in [3.8, 4) is 0 Å². The van der Waals surface area contributed by atoms with Crippen LogP contribution in [0.15, 0.2) is 0 Å². The molecule has 0 saturated heterocycles. The molecule has 2 atom stereocenters. The molecule has 2 fully saturated rings. The van der Waals surface area contributed by atoms with Crippen molar-refractivity contribution < 1.29 is 4.74 Å². The third kappa shape index (κ3) is 3.05. The Kier molecular flexibility index (Phi) is 4.41. The van der Waals surface area contributed by atoms with Gasteiger partial charge in [0.15, 0.2) is 5.82 Å². The lowest BCUT2D eigenvalue weighted by Gasteiger charge is -2.44. The van der Waals surface area contributed by atoms with E-state index >= 15 is 0 Å². The summed E-state index contributed by atoms with van der Waals surface area (Å²) in [6.07, 6.45) is 13.7. The molecule has 0 aromatic carbocycles. The van der Waals surface area contributed by atoms with Crippen molar-refractivity contribution >= 4 is 0 Å². The van der Waals surface area contributed by atoms with E-state index in [-0.39, 0.29) is 0 Å². The fourth-order valence-electron chi connectivity index (χ4n) is 5.22. The molecule has 0 radical (unpaired) electrons. The molecule has 1 aromatic rings. The first kappa shape index (κ1) is 15.6. The van der Waals surface area contributed by atoms with Crippen LogP contribution in [0.2, 0.25) is 0 Å². The highest BCUT2D eigenvalue weighted by atomic mass is 16.5. The molecule has 1 aromatic heterocycles. The Morgan fingerprint density at radius 3 is 2.74 bits per heavy atom. The molecule has 5 nitrogen and oxygen atoms in total. The van der Waals surface area contributed by atoms with Crippen LogP contribution in [-0.4, -0.2) is 34.0 Å². The molecule has 0 bridgehead atoms. The Morgan fingerprint density at radius 1 is 1.17 bits per heavy atom. The highest BCUT2D eigenvalue weighted by molar-refractivity contribution is 5.01. The summed E-state index contributed by atoms with van der Waals surface area (Å²) in [7, 11) is 1.70. The molecule has 4 rings (SSSR count). The van der Waals surface area contributed by atoms with Crippen LogP contribution in [-0.2, 0) is 24.3 Å². The number of nitrogens with zero attached hydrogens (tertiary/aromatic N) is 3. The lowest BCUT2D eigenvalue weighted by molar-refractivity contribution is 0.113. The van der Waals surface area contributed by atoms with Crippen LogP contribution in [0, 0.1) is 5.41 Å². The lowest BCUT2D eigenvalue weighted by atomic mass is 9.69. The van der Waals surface area contributed by atoms with E-state index in [2.05, 4.69) is 20.1 Å². The number of ether oxygens (including phenoxy) is 1. The van der Waals surface area contributed by atoms with Gasteiger partial charge in [-0.1, -0.05) is 25.7 Å². The van der Waals surface area contributed by atoms with E-state index in [1.807, 2.05) is 0 Å². The van der Waals surface area contributed by atoms with Crippen molar-refractivity contribution in [3.63, 3.8) is 0 Å². The lowest BCUT2D eigenvalue weighted by Crippen LogP contribution is -2.52. The minimum absolute atomic E-state index is 0.518. The number of fused-ring (bicyclic) bond motifs is 1. The average Bonchev–Trinajstić information content (AvgIpc) is 3.17. The second-order valence-electron chi connectivity index (χ2n) is 7.83. The Balaban J connectivity index is 1.42. The van der Waals surface area contributed by atoms with Crippen LogP contribution < -0.4 is 5.32 Å². The number of rotatable bonds is 4. The van der Waals surface area contributed by atoms with E-state index in [1.165, 1.54) is 57.8 Å². The zero-order valence-electron chi connectivity index (χ0n) is 14.4. The maximum Gasteiger partial charge on any atom is 0.176 e. The first-order valence-electron chi connectivity index (χ1n) is 9.47. The summed E-state index contributed by atoms with van der Waals surface area (Å²) in [5, 5.41) is 8.67. The molecule has 1 spiro atoms. The fraction of sp³-hybridized carbons (Fsp3) is 0.889. The van der Waals surface area contributed by atoms with E-state index in [0.717, 1.165) is 30.7 Å². The average molecular weight is 318 g/mol. The first-order valence-corrected chi connectivity index (χ1v) is 9.47. The van der Waals surface area contributed by atoms with Crippen molar-refractivity contribution in [1.82, 2.24) is 20.1 Å². The van der Waals surface area contributed by atoms with E-state index in [0.29, 0.717) is 18.1 Å². The minimum Gasteiger partial charge on any atom is -0.377 e. The van der Waals surface area contributed by atoms with Crippen molar-refractivity contribution in [3.05, 3.63) is 11.6 Å². The van der Waals surface area contributed by atoms with Crippen LogP contribution in [0.4, 0.5) is 0 Å². The molecule has 2 aliphatic carbocycles. The maximum absolute atomic E-state index is 5.16. The summed E-state index contributed by atoms with van der Waals surface area (Å²) in [6, 6.07) is 1.28. The SMILES string of the molecule is COCc1nc2n(n1)CC(NC1CCCCC13CCCC3)CC2. The predicted molar refractivity (Wildman–Crippen MR) is 89.1 cm³/mol. The summed E-state index contributed by atoms with van der Waals surface area (Å²) in [6.45, 7) is 1.49. The van der Waals surface area contributed by atoms with Gasteiger partial charge in [0, 0.05) is 25.6 Å². The molecule has 2 heterocycles. The maximum atomic E-state index is 5.16. The van der Waals surface area contributed by atoms with Gasteiger partial charge < -0.3 is 10.1 Å². The molecule has 1 aliphatic heterocycles. The van der Waals surface area contributed by atoms with Gasteiger partial charge in [-0.2, -0.15) is 5.10 Å². The third-order valence-electron chi connectivity index (χ3n) is 6.37. The Bertz CT molecular complexity index is 535. The molecule has 2 saturated carbocycles. The summed E-state index contributed by atoms with van der Waals surface area (Å²) in [5.41, 5.74) is 0.613. The summed E-state index contributed by atoms with van der Waals surface area (Å²) in [4.78, 5) is 4.59. The van der Waals surface area contributed by atoms with Gasteiger partial charge in [0.05, 0.1) is 6.54 Å². The van der Waals surface area contributed by atoms with Gasteiger partial charge in [0.2, 0.25) is 0 Å². The van der Waals surface area contributed by atoms with Crippen LogP contribution >= 0.6 is 0 Å². The predicted octanol–water partition coefficient (Wildman–Crippen LogP) is 2.83. The standard InChI is InChI=1S/C18H30N4O/c1-23-13-16-20-17-8-7-14(12-22(17)21-16)19-15-6-2-3-9-18(15)10-4-5-11-18/h14-15,19H,2-13H2,1H3. The number of aryl methyl sites for hydroxylation is 1. The van der Waals surface area contributed by atoms with E-state index < -0.39 is 0 Å². The molecule has 2 unspecified atom stereocenters. The van der Waals surface area contributed by atoms with E-state index in [4.69, 9.17) is 4.74 Å². The zero-order valence-corrected chi connectivity index (χ0v) is 14.4. The molecule has 23 heavy (non-hydrogen) atoms. The van der Waals surface area contributed by atoms with Gasteiger partial charge in [0.1, 0.15) is 12.4 Å². The largest absolute Gasteiger partial charge is 0.377 e. The molecular weight excluding hydrogens is 288 g/mol. The number of methoxy groups -OCH3 is 1. The van der Waals surface area contributed by atoms with Gasteiger partial charge in [-0.25, -0.2) is 9.67 Å². The number of hydrogen-bond donors (Lipinski definition) is 1.